The van der Waals surface area contributed by atoms with Gasteiger partial charge in [-0.2, -0.15) is 18.3 Å². The van der Waals surface area contributed by atoms with E-state index in [2.05, 4.69) is 10.4 Å². The van der Waals surface area contributed by atoms with Gasteiger partial charge in [-0.1, -0.05) is 0 Å². The van der Waals surface area contributed by atoms with Crippen LogP contribution in [0.3, 0.4) is 0 Å². The Balaban J connectivity index is 2.37. The smallest absolute Gasteiger partial charge is 0.368 e. The number of alkyl halides is 3. The predicted octanol–water partition coefficient (Wildman–Crippen LogP) is 2.19. The van der Waals surface area contributed by atoms with Crippen LogP contribution in [-0.2, 0) is 0 Å². The molecular weight excluding hydrogens is 195 g/mol. The molecule has 0 fully saturated rings. The van der Waals surface area contributed by atoms with Crippen molar-refractivity contribution in [1.82, 2.24) is 9.78 Å². The van der Waals surface area contributed by atoms with Crippen molar-refractivity contribution in [1.29, 1.82) is 0 Å². The number of nitrogens with one attached hydrogen (secondary N) is 1. The molecule has 0 aliphatic carbocycles. The Morgan fingerprint density at radius 2 is 2.29 bits per heavy atom. The second-order valence-corrected chi connectivity index (χ2v) is 3.50. The molecular formula is C8H10F3N3. The zero-order chi connectivity index (χ0) is 10.3. The quantitative estimate of drug-likeness (QED) is 0.703. The minimum absolute atomic E-state index is 0.0260. The summed E-state index contributed by atoms with van der Waals surface area (Å²) in [7, 11) is 0. The summed E-state index contributed by atoms with van der Waals surface area (Å²) in [6, 6.07) is -0.122. The van der Waals surface area contributed by atoms with Crippen LogP contribution in [0.4, 0.5) is 19.0 Å². The number of fused-ring (bicyclic) bond motifs is 1. The van der Waals surface area contributed by atoms with Gasteiger partial charge in [0, 0.05) is 12.1 Å². The number of hydrogen-bond donors (Lipinski definition) is 1. The molecule has 2 heterocycles. The Morgan fingerprint density at radius 3 is 2.93 bits per heavy atom. The van der Waals surface area contributed by atoms with Gasteiger partial charge in [-0.25, -0.2) is 4.68 Å². The summed E-state index contributed by atoms with van der Waals surface area (Å²) in [5, 5.41) is 6.62. The zero-order valence-electron chi connectivity index (χ0n) is 7.54. The van der Waals surface area contributed by atoms with Gasteiger partial charge in [0.05, 0.1) is 6.20 Å². The minimum atomic E-state index is -4.23. The summed E-state index contributed by atoms with van der Waals surface area (Å²) < 4.78 is 38.7. The lowest BCUT2D eigenvalue weighted by molar-refractivity contribution is -0.173. The Labute approximate surface area is 78.9 Å². The van der Waals surface area contributed by atoms with Crippen molar-refractivity contribution in [3.63, 3.8) is 0 Å². The third kappa shape index (κ3) is 1.44. The highest BCUT2D eigenvalue weighted by Crippen LogP contribution is 2.38. The highest BCUT2D eigenvalue weighted by molar-refractivity contribution is 5.37. The van der Waals surface area contributed by atoms with Crippen molar-refractivity contribution in [2.75, 3.05) is 5.32 Å². The molecule has 2 unspecified atom stereocenters. The summed E-state index contributed by atoms with van der Waals surface area (Å²) >= 11 is 0. The lowest BCUT2D eigenvalue weighted by Gasteiger charge is -2.31. The van der Waals surface area contributed by atoms with Crippen LogP contribution in [0, 0.1) is 0 Å². The molecule has 1 aliphatic rings. The van der Waals surface area contributed by atoms with Crippen molar-refractivity contribution in [2.24, 2.45) is 0 Å². The van der Waals surface area contributed by atoms with Crippen molar-refractivity contribution in [3.8, 4) is 0 Å². The molecule has 1 N–H and O–H groups in total. The average Bonchev–Trinajstić information content (AvgIpc) is 2.47. The van der Waals surface area contributed by atoms with Crippen LogP contribution in [0.15, 0.2) is 12.3 Å². The second-order valence-electron chi connectivity index (χ2n) is 3.50. The first-order chi connectivity index (χ1) is 6.48. The standard InChI is InChI=1S/C8H10F3N3/c1-5-4-6(8(9,10)11)14-7(13-5)2-3-12-14/h2-3,5-6,13H,4H2,1H3. The Morgan fingerprint density at radius 1 is 1.57 bits per heavy atom. The van der Waals surface area contributed by atoms with E-state index in [0.717, 1.165) is 4.68 Å². The number of aromatic nitrogens is 2. The van der Waals surface area contributed by atoms with Crippen LogP contribution in [0.5, 0.6) is 0 Å². The van der Waals surface area contributed by atoms with Crippen LogP contribution in [0.25, 0.3) is 0 Å². The van der Waals surface area contributed by atoms with Crippen molar-refractivity contribution < 1.29 is 13.2 Å². The number of rotatable bonds is 0. The van der Waals surface area contributed by atoms with E-state index < -0.39 is 12.2 Å². The van der Waals surface area contributed by atoms with E-state index in [1.807, 2.05) is 0 Å². The van der Waals surface area contributed by atoms with Crippen LogP contribution in [0.1, 0.15) is 19.4 Å². The largest absolute Gasteiger partial charge is 0.410 e. The summed E-state index contributed by atoms with van der Waals surface area (Å²) in [4.78, 5) is 0. The first kappa shape index (κ1) is 9.36. The van der Waals surface area contributed by atoms with Crippen molar-refractivity contribution >= 4 is 5.82 Å². The fraction of sp³-hybridized carbons (Fsp3) is 0.625. The lowest BCUT2D eigenvalue weighted by Crippen LogP contribution is -2.37. The molecule has 0 spiro atoms. The van der Waals surface area contributed by atoms with Crippen molar-refractivity contribution in [3.05, 3.63) is 12.3 Å². The maximum absolute atomic E-state index is 12.6. The highest BCUT2D eigenvalue weighted by atomic mass is 19.4. The van der Waals surface area contributed by atoms with E-state index in [1.165, 1.54) is 6.20 Å². The van der Waals surface area contributed by atoms with Gasteiger partial charge in [0.25, 0.3) is 0 Å². The predicted molar refractivity (Wildman–Crippen MR) is 45.0 cm³/mol. The van der Waals surface area contributed by atoms with Crippen LogP contribution < -0.4 is 5.32 Å². The van der Waals surface area contributed by atoms with Crippen LogP contribution >= 0.6 is 0 Å². The van der Waals surface area contributed by atoms with E-state index in [4.69, 9.17) is 0 Å². The van der Waals surface area contributed by atoms with E-state index in [0.29, 0.717) is 5.82 Å². The van der Waals surface area contributed by atoms with E-state index in [1.54, 1.807) is 13.0 Å². The Hall–Kier alpha value is -1.20. The number of halogens is 3. The molecule has 3 nitrogen and oxygen atoms in total. The molecule has 0 aromatic carbocycles. The van der Waals surface area contributed by atoms with E-state index in [9.17, 15) is 13.2 Å². The zero-order valence-corrected chi connectivity index (χ0v) is 7.54. The van der Waals surface area contributed by atoms with Gasteiger partial charge >= 0.3 is 6.18 Å². The maximum Gasteiger partial charge on any atom is 0.410 e. The number of hydrogen-bond acceptors (Lipinski definition) is 2. The Bertz CT molecular complexity index is 331. The SMILES string of the molecule is CC1CC(C(F)(F)F)n2nccc2N1. The Kier molecular flexibility index (Phi) is 1.94. The summed E-state index contributed by atoms with van der Waals surface area (Å²) in [6.07, 6.45) is -2.82. The van der Waals surface area contributed by atoms with Crippen LogP contribution in [-0.4, -0.2) is 22.0 Å². The van der Waals surface area contributed by atoms with Gasteiger partial charge in [0.2, 0.25) is 0 Å². The highest BCUT2D eigenvalue weighted by Gasteiger charge is 2.45. The third-order valence-corrected chi connectivity index (χ3v) is 2.31. The maximum atomic E-state index is 12.6. The number of nitrogens with zero attached hydrogens (tertiary/aromatic N) is 2. The molecule has 2 atom stereocenters. The van der Waals surface area contributed by atoms with Gasteiger partial charge in [-0.05, 0) is 13.3 Å². The molecule has 0 saturated carbocycles. The molecule has 1 aliphatic heterocycles. The van der Waals surface area contributed by atoms with Crippen molar-refractivity contribution in [2.45, 2.75) is 31.6 Å². The van der Waals surface area contributed by atoms with Gasteiger partial charge in [0.1, 0.15) is 5.82 Å². The lowest BCUT2D eigenvalue weighted by atomic mass is 10.1. The molecule has 14 heavy (non-hydrogen) atoms. The fourth-order valence-electron chi connectivity index (χ4n) is 1.70. The molecule has 6 heteroatoms. The van der Waals surface area contributed by atoms with Crippen LogP contribution in [0.2, 0.25) is 0 Å². The van der Waals surface area contributed by atoms with Gasteiger partial charge < -0.3 is 5.32 Å². The fourth-order valence-corrected chi connectivity index (χ4v) is 1.70. The topological polar surface area (TPSA) is 29.9 Å². The van der Waals surface area contributed by atoms with E-state index >= 15 is 0 Å². The van der Waals surface area contributed by atoms with Gasteiger partial charge in [-0.15, -0.1) is 0 Å². The minimum Gasteiger partial charge on any atom is -0.368 e. The summed E-state index contributed by atoms with van der Waals surface area (Å²) in [5.74, 6) is 0.436. The molecule has 1 aromatic heterocycles. The first-order valence-corrected chi connectivity index (χ1v) is 4.35. The van der Waals surface area contributed by atoms with Gasteiger partial charge in [-0.3, -0.25) is 0 Å². The number of anilines is 1. The molecule has 78 valence electrons. The first-order valence-electron chi connectivity index (χ1n) is 4.35. The molecule has 0 saturated heterocycles. The average molecular weight is 205 g/mol. The molecule has 0 radical (unpaired) electrons. The second kappa shape index (κ2) is 2.90. The summed E-state index contributed by atoms with van der Waals surface area (Å²) in [5.41, 5.74) is 0. The van der Waals surface area contributed by atoms with Gasteiger partial charge in [0.15, 0.2) is 6.04 Å². The van der Waals surface area contributed by atoms with E-state index in [-0.39, 0.29) is 12.5 Å². The normalized spacial score (nSPS) is 26.9. The third-order valence-electron chi connectivity index (χ3n) is 2.31. The molecule has 1 aromatic rings. The summed E-state index contributed by atoms with van der Waals surface area (Å²) in [6.45, 7) is 1.73. The molecule has 2 rings (SSSR count). The molecule has 0 bridgehead atoms. The molecule has 0 amide bonds. The monoisotopic (exact) mass is 205 g/mol.